The van der Waals surface area contributed by atoms with E-state index in [1.54, 1.807) is 12.3 Å². The maximum atomic E-state index is 10.0. The van der Waals surface area contributed by atoms with E-state index in [9.17, 15) is 4.79 Å². The Bertz CT molecular complexity index is 216. The van der Waals surface area contributed by atoms with Gasteiger partial charge in [0.25, 0.3) is 0 Å². The molecule has 1 aromatic rings. The fraction of sp³-hybridized carbons (Fsp3) is 0.143. The summed E-state index contributed by atoms with van der Waals surface area (Å²) in [6.07, 6.45) is 2.32. The largest absolute Gasteiger partial charge is 0.477 e. The molecule has 0 unspecified atom stereocenters. The summed E-state index contributed by atoms with van der Waals surface area (Å²) in [6, 6.07) is 3.14. The molecular formula is C7H9NO3. The van der Waals surface area contributed by atoms with Crippen LogP contribution < -0.4 is 0 Å². The molecule has 0 amide bonds. The highest BCUT2D eigenvalue weighted by Crippen LogP contribution is 1.91. The maximum Gasteiger partial charge on any atom is 0.352 e. The average Bonchev–Trinajstić information content (AvgIpc) is 2.38. The Balaban J connectivity index is 0.000000292. The number of aldehydes is 1. The third kappa shape index (κ3) is 3.91. The zero-order valence-electron chi connectivity index (χ0n) is 6.07. The van der Waals surface area contributed by atoms with Crippen LogP contribution in [-0.4, -0.2) is 22.3 Å². The molecule has 0 aliphatic rings. The highest BCUT2D eigenvalue weighted by molar-refractivity contribution is 5.85. The highest BCUT2D eigenvalue weighted by Gasteiger charge is 1.98. The van der Waals surface area contributed by atoms with Gasteiger partial charge in [-0.1, -0.05) is 0 Å². The Morgan fingerprint density at radius 3 is 2.45 bits per heavy atom. The van der Waals surface area contributed by atoms with Crippen LogP contribution >= 0.6 is 0 Å². The van der Waals surface area contributed by atoms with Crippen molar-refractivity contribution in [2.75, 3.05) is 0 Å². The van der Waals surface area contributed by atoms with Crippen molar-refractivity contribution in [2.45, 2.75) is 6.92 Å². The lowest BCUT2D eigenvalue weighted by Crippen LogP contribution is -1.94. The van der Waals surface area contributed by atoms with Crippen LogP contribution in [0.25, 0.3) is 0 Å². The van der Waals surface area contributed by atoms with Crippen molar-refractivity contribution in [1.29, 1.82) is 0 Å². The van der Waals surface area contributed by atoms with Crippen LogP contribution in [0.5, 0.6) is 0 Å². The van der Waals surface area contributed by atoms with Crippen molar-refractivity contribution in [3.63, 3.8) is 0 Å². The normalized spacial score (nSPS) is 7.73. The van der Waals surface area contributed by atoms with Crippen molar-refractivity contribution < 1.29 is 14.7 Å². The summed E-state index contributed by atoms with van der Waals surface area (Å²) in [7, 11) is 0. The van der Waals surface area contributed by atoms with E-state index in [1.165, 1.54) is 13.0 Å². The molecule has 0 fully saturated rings. The molecule has 0 saturated heterocycles. The molecule has 1 heterocycles. The van der Waals surface area contributed by atoms with E-state index in [1.807, 2.05) is 0 Å². The van der Waals surface area contributed by atoms with Crippen molar-refractivity contribution in [3.8, 4) is 0 Å². The molecule has 0 radical (unpaired) electrons. The van der Waals surface area contributed by atoms with Crippen molar-refractivity contribution in [2.24, 2.45) is 0 Å². The zero-order valence-corrected chi connectivity index (χ0v) is 6.07. The molecule has 0 spiro atoms. The molecule has 2 N–H and O–H groups in total. The number of H-pyrrole nitrogens is 1. The quantitative estimate of drug-likeness (QED) is 0.592. The van der Waals surface area contributed by atoms with Gasteiger partial charge in [0.1, 0.15) is 12.0 Å². The van der Waals surface area contributed by atoms with Gasteiger partial charge in [-0.2, -0.15) is 0 Å². The number of rotatable bonds is 1. The SMILES string of the molecule is CC=O.O=C(O)c1ccc[nH]1. The first-order chi connectivity index (χ1) is 5.22. The third-order valence-electron chi connectivity index (χ3n) is 0.828. The summed E-state index contributed by atoms with van der Waals surface area (Å²) < 4.78 is 0. The fourth-order valence-corrected chi connectivity index (χ4v) is 0.463. The Hall–Kier alpha value is -1.58. The molecule has 0 aliphatic heterocycles. The predicted octanol–water partition coefficient (Wildman–Crippen LogP) is 0.918. The minimum Gasteiger partial charge on any atom is -0.477 e. The topological polar surface area (TPSA) is 70.2 Å². The molecule has 4 heteroatoms. The lowest BCUT2D eigenvalue weighted by Gasteiger charge is -1.80. The van der Waals surface area contributed by atoms with Crippen molar-refractivity contribution in [1.82, 2.24) is 4.98 Å². The molecular weight excluding hydrogens is 146 g/mol. The van der Waals surface area contributed by atoms with Gasteiger partial charge < -0.3 is 14.9 Å². The van der Waals surface area contributed by atoms with E-state index in [0.717, 1.165) is 6.29 Å². The second kappa shape index (κ2) is 5.22. The summed E-state index contributed by atoms with van der Waals surface area (Å²) in [6.45, 7) is 1.44. The number of aromatic nitrogens is 1. The highest BCUT2D eigenvalue weighted by atomic mass is 16.4. The Morgan fingerprint density at radius 2 is 2.27 bits per heavy atom. The van der Waals surface area contributed by atoms with Gasteiger partial charge in [-0.3, -0.25) is 0 Å². The van der Waals surface area contributed by atoms with Gasteiger partial charge >= 0.3 is 5.97 Å². The van der Waals surface area contributed by atoms with Gasteiger partial charge in [-0.25, -0.2) is 4.79 Å². The minimum atomic E-state index is -0.921. The monoisotopic (exact) mass is 155 g/mol. The van der Waals surface area contributed by atoms with E-state index in [-0.39, 0.29) is 5.69 Å². The maximum absolute atomic E-state index is 10.0. The molecule has 0 aliphatic carbocycles. The van der Waals surface area contributed by atoms with Gasteiger partial charge in [0, 0.05) is 6.20 Å². The molecule has 0 atom stereocenters. The number of carbonyl (C=O) groups is 2. The van der Waals surface area contributed by atoms with Crippen LogP contribution in [0.15, 0.2) is 18.3 Å². The van der Waals surface area contributed by atoms with Crippen LogP contribution in [0.2, 0.25) is 0 Å². The predicted molar refractivity (Wildman–Crippen MR) is 39.5 cm³/mol. The summed E-state index contributed by atoms with van der Waals surface area (Å²) in [5, 5.41) is 8.24. The second-order valence-corrected chi connectivity index (χ2v) is 1.62. The summed E-state index contributed by atoms with van der Waals surface area (Å²) in [4.78, 5) is 21.4. The van der Waals surface area contributed by atoms with E-state index < -0.39 is 5.97 Å². The molecule has 0 aromatic carbocycles. The number of hydrogen-bond donors (Lipinski definition) is 2. The molecule has 4 nitrogen and oxygen atoms in total. The zero-order chi connectivity index (χ0) is 8.69. The van der Waals surface area contributed by atoms with Crippen LogP contribution in [-0.2, 0) is 4.79 Å². The van der Waals surface area contributed by atoms with Crippen LogP contribution in [0.1, 0.15) is 17.4 Å². The fourth-order valence-electron chi connectivity index (χ4n) is 0.463. The van der Waals surface area contributed by atoms with E-state index >= 15 is 0 Å². The van der Waals surface area contributed by atoms with Crippen LogP contribution in [0.3, 0.4) is 0 Å². The van der Waals surface area contributed by atoms with Gasteiger partial charge in [-0.05, 0) is 19.1 Å². The van der Waals surface area contributed by atoms with Gasteiger partial charge in [0.05, 0.1) is 0 Å². The van der Waals surface area contributed by atoms with Gasteiger partial charge in [0.15, 0.2) is 0 Å². The van der Waals surface area contributed by atoms with Gasteiger partial charge in [0.2, 0.25) is 0 Å². The number of nitrogens with one attached hydrogen (secondary N) is 1. The first-order valence-electron chi connectivity index (χ1n) is 2.98. The van der Waals surface area contributed by atoms with Crippen molar-refractivity contribution >= 4 is 12.3 Å². The Kier molecular flexibility index (Phi) is 4.47. The average molecular weight is 155 g/mol. The number of hydrogen-bond acceptors (Lipinski definition) is 2. The summed E-state index contributed by atoms with van der Waals surface area (Å²) in [5.41, 5.74) is 0.227. The molecule has 0 saturated carbocycles. The molecule has 11 heavy (non-hydrogen) atoms. The first kappa shape index (κ1) is 9.42. The lowest BCUT2D eigenvalue weighted by atomic mass is 10.4. The number of carboxylic acids is 1. The Labute approximate surface area is 63.9 Å². The lowest BCUT2D eigenvalue weighted by molar-refractivity contribution is -0.106. The number of aromatic amines is 1. The molecule has 0 bridgehead atoms. The van der Waals surface area contributed by atoms with E-state index in [4.69, 9.17) is 9.90 Å². The summed E-state index contributed by atoms with van der Waals surface area (Å²) >= 11 is 0. The van der Waals surface area contributed by atoms with Crippen LogP contribution in [0.4, 0.5) is 0 Å². The molecule has 1 rings (SSSR count). The number of aromatic carboxylic acids is 1. The number of carboxylic acid groups (broad SMARTS) is 1. The summed E-state index contributed by atoms with van der Waals surface area (Å²) in [5.74, 6) is -0.921. The third-order valence-corrected chi connectivity index (χ3v) is 0.828. The Morgan fingerprint density at radius 1 is 1.73 bits per heavy atom. The molecule has 1 aromatic heterocycles. The second-order valence-electron chi connectivity index (χ2n) is 1.62. The minimum absolute atomic E-state index is 0.227. The smallest absolute Gasteiger partial charge is 0.352 e. The van der Waals surface area contributed by atoms with Crippen LogP contribution in [0, 0.1) is 0 Å². The van der Waals surface area contributed by atoms with Crippen molar-refractivity contribution in [3.05, 3.63) is 24.0 Å². The van der Waals surface area contributed by atoms with E-state index in [2.05, 4.69) is 4.98 Å². The first-order valence-corrected chi connectivity index (χ1v) is 2.98. The standard InChI is InChI=1S/C5H5NO2.C2H4O/c7-5(8)4-2-1-3-6-4;1-2-3/h1-3,6H,(H,7,8);2H,1H3. The van der Waals surface area contributed by atoms with Gasteiger partial charge in [-0.15, -0.1) is 0 Å². The molecule has 60 valence electrons. The number of carbonyl (C=O) groups excluding carboxylic acids is 1. The van der Waals surface area contributed by atoms with E-state index in [0.29, 0.717) is 0 Å².